The van der Waals surface area contributed by atoms with Gasteiger partial charge in [-0.2, -0.15) is 18.3 Å². The van der Waals surface area contributed by atoms with E-state index in [0.717, 1.165) is 12.1 Å². The molecule has 0 atom stereocenters. The molecular weight excluding hydrogens is 428 g/mol. The maximum atomic E-state index is 12.7. The third-order valence-corrected chi connectivity index (χ3v) is 4.57. The summed E-state index contributed by atoms with van der Waals surface area (Å²) < 4.78 is 43.7. The summed E-state index contributed by atoms with van der Waals surface area (Å²) in [6.45, 7) is 0. The Morgan fingerprint density at radius 1 is 1.07 bits per heavy atom. The number of benzene rings is 2. The molecule has 0 bridgehead atoms. The van der Waals surface area contributed by atoms with Crippen LogP contribution in [-0.4, -0.2) is 12.1 Å². The minimum Gasteiger partial charge on any atom is -0.455 e. The number of nitrogens with zero attached hydrogens (tertiary/aromatic N) is 1. The van der Waals surface area contributed by atoms with E-state index in [1.54, 1.807) is 30.3 Å². The van der Waals surface area contributed by atoms with Crippen LogP contribution in [0, 0.1) is 0 Å². The highest BCUT2D eigenvalue weighted by atomic mass is 35.5. The van der Waals surface area contributed by atoms with Crippen molar-refractivity contribution in [3.8, 4) is 11.3 Å². The SMILES string of the molecule is O=C(Cc1cccc(C(F)(F)F)c1)N/N=C\c1ccc(-c2ccc(Cl)c(Cl)c2)o1. The van der Waals surface area contributed by atoms with Gasteiger partial charge in [-0.05, 0) is 42.0 Å². The molecule has 1 N–H and O–H groups in total. The Morgan fingerprint density at radius 2 is 1.86 bits per heavy atom. The summed E-state index contributed by atoms with van der Waals surface area (Å²) in [6, 6.07) is 12.9. The van der Waals surface area contributed by atoms with Crippen molar-refractivity contribution in [2.45, 2.75) is 12.6 Å². The third kappa shape index (κ3) is 5.62. The summed E-state index contributed by atoms with van der Waals surface area (Å²) in [5.74, 6) is 0.336. The van der Waals surface area contributed by atoms with Crippen LogP contribution < -0.4 is 5.43 Å². The maximum absolute atomic E-state index is 12.7. The van der Waals surface area contributed by atoms with Crippen molar-refractivity contribution in [1.82, 2.24) is 5.43 Å². The summed E-state index contributed by atoms with van der Waals surface area (Å²) in [5, 5.41) is 4.57. The molecule has 0 aliphatic heterocycles. The number of furan rings is 1. The largest absolute Gasteiger partial charge is 0.455 e. The van der Waals surface area contributed by atoms with Crippen molar-refractivity contribution in [1.29, 1.82) is 0 Å². The number of carbonyl (C=O) groups excluding carboxylic acids is 1. The van der Waals surface area contributed by atoms with Crippen LogP contribution in [0.3, 0.4) is 0 Å². The summed E-state index contributed by atoms with van der Waals surface area (Å²) >= 11 is 11.9. The lowest BCUT2D eigenvalue weighted by atomic mass is 10.1. The topological polar surface area (TPSA) is 54.6 Å². The number of hydrazone groups is 1. The number of hydrogen-bond donors (Lipinski definition) is 1. The van der Waals surface area contributed by atoms with Gasteiger partial charge in [0.15, 0.2) is 0 Å². The predicted octanol–water partition coefficient (Wildman–Crippen LogP) is 5.97. The summed E-state index contributed by atoms with van der Waals surface area (Å²) in [6.07, 6.45) is -3.42. The second-order valence-corrected chi connectivity index (χ2v) is 6.81. The van der Waals surface area contributed by atoms with Gasteiger partial charge >= 0.3 is 6.18 Å². The molecule has 0 saturated carbocycles. The lowest BCUT2D eigenvalue weighted by Gasteiger charge is -2.08. The number of amides is 1. The van der Waals surface area contributed by atoms with Crippen LogP contribution in [0.5, 0.6) is 0 Å². The molecule has 150 valence electrons. The van der Waals surface area contributed by atoms with E-state index >= 15 is 0 Å². The lowest BCUT2D eigenvalue weighted by molar-refractivity contribution is -0.137. The molecule has 3 aromatic rings. The fourth-order valence-corrected chi connectivity index (χ4v) is 2.78. The van der Waals surface area contributed by atoms with E-state index in [0.29, 0.717) is 27.1 Å². The summed E-state index contributed by atoms with van der Waals surface area (Å²) in [5.41, 5.74) is 2.39. The van der Waals surface area contributed by atoms with Crippen LogP contribution in [0.2, 0.25) is 10.0 Å². The minimum absolute atomic E-state index is 0.229. The summed E-state index contributed by atoms with van der Waals surface area (Å²) in [4.78, 5) is 11.9. The number of rotatable bonds is 5. The van der Waals surface area contributed by atoms with Crippen molar-refractivity contribution in [2.75, 3.05) is 0 Å². The average molecular weight is 441 g/mol. The third-order valence-electron chi connectivity index (χ3n) is 3.83. The molecule has 0 saturated heterocycles. The van der Waals surface area contributed by atoms with Crippen LogP contribution >= 0.6 is 23.2 Å². The van der Waals surface area contributed by atoms with Crippen LogP contribution in [-0.2, 0) is 17.4 Å². The van der Waals surface area contributed by atoms with E-state index in [4.69, 9.17) is 27.6 Å². The van der Waals surface area contributed by atoms with Crippen LogP contribution in [0.15, 0.2) is 64.1 Å². The number of hydrogen-bond acceptors (Lipinski definition) is 3. The molecule has 0 spiro atoms. The van der Waals surface area contributed by atoms with Gasteiger partial charge in [-0.25, -0.2) is 5.43 Å². The fraction of sp³-hybridized carbons (Fsp3) is 0.100. The Hall–Kier alpha value is -2.77. The van der Waals surface area contributed by atoms with Gasteiger partial charge in [-0.3, -0.25) is 4.79 Å². The fourth-order valence-electron chi connectivity index (χ4n) is 2.48. The van der Waals surface area contributed by atoms with Gasteiger partial charge in [0.2, 0.25) is 5.91 Å². The summed E-state index contributed by atoms with van der Waals surface area (Å²) in [7, 11) is 0. The van der Waals surface area contributed by atoms with Crippen molar-refractivity contribution < 1.29 is 22.4 Å². The lowest BCUT2D eigenvalue weighted by Crippen LogP contribution is -2.20. The van der Waals surface area contributed by atoms with Crippen molar-refractivity contribution >= 4 is 35.3 Å². The zero-order valence-electron chi connectivity index (χ0n) is 14.6. The highest BCUT2D eigenvalue weighted by molar-refractivity contribution is 6.42. The van der Waals surface area contributed by atoms with Gasteiger partial charge in [0, 0.05) is 5.56 Å². The quantitative estimate of drug-likeness (QED) is 0.392. The Balaban J connectivity index is 1.60. The van der Waals surface area contributed by atoms with Crippen molar-refractivity contribution in [2.24, 2.45) is 5.10 Å². The molecule has 29 heavy (non-hydrogen) atoms. The molecule has 1 amide bonds. The van der Waals surface area contributed by atoms with Crippen LogP contribution in [0.1, 0.15) is 16.9 Å². The molecular formula is C20H13Cl2F3N2O2. The second kappa shape index (κ2) is 8.71. The van der Waals surface area contributed by atoms with E-state index in [-0.39, 0.29) is 12.0 Å². The minimum atomic E-state index is -4.46. The molecule has 0 radical (unpaired) electrons. The molecule has 9 heteroatoms. The molecule has 0 aliphatic rings. The zero-order chi connectivity index (χ0) is 21.0. The highest BCUT2D eigenvalue weighted by Crippen LogP contribution is 2.30. The standard InChI is InChI=1S/C20H13Cl2F3N2O2/c21-16-6-4-13(10-17(16)22)18-7-5-15(29-18)11-26-27-19(28)9-12-2-1-3-14(8-12)20(23,24)25/h1-8,10-11H,9H2,(H,27,28)/b26-11-. The first-order valence-corrected chi connectivity index (χ1v) is 9.01. The number of nitrogens with one attached hydrogen (secondary N) is 1. The van der Waals surface area contributed by atoms with E-state index < -0.39 is 17.6 Å². The van der Waals surface area contributed by atoms with E-state index in [2.05, 4.69) is 10.5 Å². The van der Waals surface area contributed by atoms with Gasteiger partial charge in [-0.1, -0.05) is 41.4 Å². The Morgan fingerprint density at radius 3 is 2.59 bits per heavy atom. The first-order chi connectivity index (χ1) is 13.7. The van der Waals surface area contributed by atoms with Gasteiger partial charge in [0.25, 0.3) is 0 Å². The predicted molar refractivity (Wildman–Crippen MR) is 105 cm³/mol. The Kier molecular flexibility index (Phi) is 6.30. The van der Waals surface area contributed by atoms with Gasteiger partial charge in [-0.15, -0.1) is 0 Å². The number of alkyl halides is 3. The van der Waals surface area contributed by atoms with Gasteiger partial charge in [0.05, 0.1) is 28.2 Å². The highest BCUT2D eigenvalue weighted by Gasteiger charge is 2.30. The Labute approximate surface area is 173 Å². The van der Waals surface area contributed by atoms with Crippen LogP contribution in [0.25, 0.3) is 11.3 Å². The van der Waals surface area contributed by atoms with E-state index in [1.165, 1.54) is 18.3 Å². The molecule has 0 fully saturated rings. The number of halogens is 5. The molecule has 0 aliphatic carbocycles. The van der Waals surface area contributed by atoms with Gasteiger partial charge in [0.1, 0.15) is 11.5 Å². The maximum Gasteiger partial charge on any atom is 0.416 e. The van der Waals surface area contributed by atoms with Crippen LogP contribution in [0.4, 0.5) is 13.2 Å². The molecule has 1 aromatic heterocycles. The average Bonchev–Trinajstić information content (AvgIpc) is 3.12. The normalized spacial score (nSPS) is 11.8. The number of carbonyl (C=O) groups is 1. The van der Waals surface area contributed by atoms with E-state index in [9.17, 15) is 18.0 Å². The molecule has 1 heterocycles. The molecule has 2 aromatic carbocycles. The molecule has 0 unspecified atom stereocenters. The second-order valence-electron chi connectivity index (χ2n) is 6.00. The first kappa shape index (κ1) is 21.0. The molecule has 4 nitrogen and oxygen atoms in total. The molecule has 3 rings (SSSR count). The Bertz CT molecular complexity index is 1060. The van der Waals surface area contributed by atoms with Crippen molar-refractivity contribution in [3.05, 3.63) is 81.5 Å². The van der Waals surface area contributed by atoms with E-state index in [1.807, 2.05) is 0 Å². The zero-order valence-corrected chi connectivity index (χ0v) is 16.1. The monoisotopic (exact) mass is 440 g/mol. The first-order valence-electron chi connectivity index (χ1n) is 8.25. The van der Waals surface area contributed by atoms with Gasteiger partial charge < -0.3 is 4.42 Å². The smallest absolute Gasteiger partial charge is 0.416 e. The van der Waals surface area contributed by atoms with Crippen molar-refractivity contribution in [3.63, 3.8) is 0 Å².